The summed E-state index contributed by atoms with van der Waals surface area (Å²) in [7, 11) is 0. The molecule has 0 bridgehead atoms. The topological polar surface area (TPSA) is 87.6 Å². The van der Waals surface area contributed by atoms with Gasteiger partial charge in [-0.05, 0) is 13.0 Å². The van der Waals surface area contributed by atoms with Crippen LogP contribution in [-0.4, -0.2) is 34.1 Å². The van der Waals surface area contributed by atoms with Crippen LogP contribution >= 0.6 is 0 Å². The van der Waals surface area contributed by atoms with Gasteiger partial charge in [0, 0.05) is 30.6 Å². The number of hydrogen-bond acceptors (Lipinski definition) is 5. The molecule has 106 valence electrons. The Morgan fingerprint density at radius 1 is 1.45 bits per heavy atom. The summed E-state index contributed by atoms with van der Waals surface area (Å²) in [5, 5.41) is 12.8. The third-order valence-electron chi connectivity index (χ3n) is 3.26. The third-order valence-corrected chi connectivity index (χ3v) is 3.26. The molecule has 0 fully saturated rings. The van der Waals surface area contributed by atoms with Crippen LogP contribution in [0.5, 0.6) is 0 Å². The lowest BCUT2D eigenvalue weighted by Gasteiger charge is -2.24. The summed E-state index contributed by atoms with van der Waals surface area (Å²) in [6, 6.07) is 7.85. The van der Waals surface area contributed by atoms with Crippen molar-refractivity contribution in [1.29, 1.82) is 0 Å². The Morgan fingerprint density at radius 3 is 2.90 bits per heavy atom. The lowest BCUT2D eigenvalue weighted by atomic mass is 10.1. The Bertz CT molecular complexity index is 613. The Labute approximate surface area is 117 Å². The predicted octanol–water partition coefficient (Wildman–Crippen LogP) is 1.84. The number of amidine groups is 1. The van der Waals surface area contributed by atoms with Gasteiger partial charge in [-0.25, -0.2) is 9.97 Å². The standard InChI is InChI=1S/C14H19N5O/c1-3-19(9-10(2)13(15)18-20)14-16-8-11-6-4-5-7-12(11)17-14/h4-8,10,20H,3,9H2,1-2H3,(H2,15,18). The predicted molar refractivity (Wildman–Crippen MR) is 80.0 cm³/mol. The van der Waals surface area contributed by atoms with E-state index in [0.29, 0.717) is 12.5 Å². The van der Waals surface area contributed by atoms with Crippen molar-refractivity contribution in [2.45, 2.75) is 13.8 Å². The lowest BCUT2D eigenvalue weighted by molar-refractivity contribution is 0.314. The van der Waals surface area contributed by atoms with Crippen LogP contribution in [0, 0.1) is 5.92 Å². The fourth-order valence-electron chi connectivity index (χ4n) is 1.99. The molecule has 0 aliphatic carbocycles. The van der Waals surface area contributed by atoms with Crippen LogP contribution in [0.4, 0.5) is 5.95 Å². The molecule has 2 aromatic rings. The number of benzene rings is 1. The van der Waals surface area contributed by atoms with Crippen molar-refractivity contribution in [3.8, 4) is 0 Å². The number of aromatic nitrogens is 2. The monoisotopic (exact) mass is 273 g/mol. The van der Waals surface area contributed by atoms with E-state index in [1.54, 1.807) is 0 Å². The summed E-state index contributed by atoms with van der Waals surface area (Å²) in [6.45, 7) is 5.28. The fourth-order valence-corrected chi connectivity index (χ4v) is 1.99. The Hall–Kier alpha value is -2.37. The van der Waals surface area contributed by atoms with Gasteiger partial charge < -0.3 is 15.8 Å². The zero-order chi connectivity index (χ0) is 14.5. The second-order valence-electron chi connectivity index (χ2n) is 4.69. The van der Waals surface area contributed by atoms with Gasteiger partial charge in [0.2, 0.25) is 5.95 Å². The Balaban J connectivity index is 2.25. The van der Waals surface area contributed by atoms with Crippen molar-refractivity contribution in [2.75, 3.05) is 18.0 Å². The van der Waals surface area contributed by atoms with Crippen LogP contribution in [0.1, 0.15) is 13.8 Å². The molecule has 0 saturated heterocycles. The molecule has 0 amide bonds. The zero-order valence-electron chi connectivity index (χ0n) is 11.7. The number of nitrogens with zero attached hydrogens (tertiary/aromatic N) is 4. The van der Waals surface area contributed by atoms with E-state index in [1.807, 2.05) is 49.2 Å². The fraction of sp³-hybridized carbons (Fsp3) is 0.357. The smallest absolute Gasteiger partial charge is 0.225 e. The minimum absolute atomic E-state index is 0.0741. The van der Waals surface area contributed by atoms with Gasteiger partial charge >= 0.3 is 0 Å². The van der Waals surface area contributed by atoms with Gasteiger partial charge in [0.25, 0.3) is 0 Å². The number of rotatable bonds is 5. The average molecular weight is 273 g/mol. The average Bonchev–Trinajstić information content (AvgIpc) is 2.51. The molecule has 0 radical (unpaired) electrons. The first kappa shape index (κ1) is 14.0. The van der Waals surface area contributed by atoms with Gasteiger partial charge in [-0.3, -0.25) is 0 Å². The third kappa shape index (κ3) is 2.96. The van der Waals surface area contributed by atoms with Crippen molar-refractivity contribution in [2.24, 2.45) is 16.8 Å². The van der Waals surface area contributed by atoms with Crippen molar-refractivity contribution >= 4 is 22.7 Å². The second-order valence-corrected chi connectivity index (χ2v) is 4.69. The highest BCUT2D eigenvalue weighted by molar-refractivity contribution is 5.82. The molecule has 3 N–H and O–H groups in total. The quantitative estimate of drug-likeness (QED) is 0.375. The molecule has 1 heterocycles. The van der Waals surface area contributed by atoms with Gasteiger partial charge in [-0.1, -0.05) is 30.3 Å². The SMILES string of the molecule is CCN(CC(C)/C(N)=N/O)c1ncc2ccccc2n1. The summed E-state index contributed by atoms with van der Waals surface area (Å²) < 4.78 is 0. The minimum atomic E-state index is -0.0741. The van der Waals surface area contributed by atoms with Crippen molar-refractivity contribution < 1.29 is 5.21 Å². The molecule has 0 saturated carbocycles. The first-order valence-electron chi connectivity index (χ1n) is 6.59. The molecule has 1 atom stereocenters. The number of para-hydroxylation sites is 1. The highest BCUT2D eigenvalue weighted by atomic mass is 16.4. The summed E-state index contributed by atoms with van der Waals surface area (Å²) in [5.41, 5.74) is 6.53. The number of oxime groups is 1. The number of hydrogen-bond donors (Lipinski definition) is 2. The molecule has 6 nitrogen and oxygen atoms in total. The van der Waals surface area contributed by atoms with Crippen LogP contribution in [0.25, 0.3) is 10.9 Å². The normalized spacial score (nSPS) is 13.4. The van der Waals surface area contributed by atoms with E-state index >= 15 is 0 Å². The van der Waals surface area contributed by atoms with Crippen molar-refractivity contribution in [1.82, 2.24) is 9.97 Å². The van der Waals surface area contributed by atoms with Crippen molar-refractivity contribution in [3.05, 3.63) is 30.5 Å². The summed E-state index contributed by atoms with van der Waals surface area (Å²) in [6.07, 6.45) is 1.81. The largest absolute Gasteiger partial charge is 0.409 e. The van der Waals surface area contributed by atoms with Crippen LogP contribution in [0.2, 0.25) is 0 Å². The number of nitrogens with two attached hydrogens (primary N) is 1. The second kappa shape index (κ2) is 6.18. The van der Waals surface area contributed by atoms with Crippen molar-refractivity contribution in [3.63, 3.8) is 0 Å². The van der Waals surface area contributed by atoms with Crippen LogP contribution in [0.3, 0.4) is 0 Å². The summed E-state index contributed by atoms with van der Waals surface area (Å²) >= 11 is 0. The first-order chi connectivity index (χ1) is 9.65. The Kier molecular flexibility index (Phi) is 4.34. The molecule has 1 aromatic heterocycles. The molecule has 0 aliphatic rings. The molecular formula is C14H19N5O. The summed E-state index contributed by atoms with van der Waals surface area (Å²) in [5.74, 6) is 0.794. The number of fused-ring (bicyclic) bond motifs is 1. The van der Waals surface area contributed by atoms with E-state index in [4.69, 9.17) is 10.9 Å². The maximum Gasteiger partial charge on any atom is 0.225 e. The first-order valence-corrected chi connectivity index (χ1v) is 6.59. The molecule has 0 aliphatic heterocycles. The van der Waals surface area contributed by atoms with E-state index in [0.717, 1.165) is 17.4 Å². The highest BCUT2D eigenvalue weighted by Crippen LogP contribution is 2.15. The van der Waals surface area contributed by atoms with E-state index in [2.05, 4.69) is 15.1 Å². The molecule has 1 unspecified atom stereocenters. The van der Waals surface area contributed by atoms with Gasteiger partial charge in [0.15, 0.2) is 0 Å². The zero-order valence-corrected chi connectivity index (χ0v) is 11.7. The molecule has 0 spiro atoms. The van der Waals surface area contributed by atoms with E-state index < -0.39 is 0 Å². The van der Waals surface area contributed by atoms with Crippen LogP contribution in [0.15, 0.2) is 35.6 Å². The van der Waals surface area contributed by atoms with Gasteiger partial charge in [0.05, 0.1) is 5.52 Å². The minimum Gasteiger partial charge on any atom is -0.409 e. The molecule has 1 aromatic carbocycles. The van der Waals surface area contributed by atoms with Crippen LogP contribution < -0.4 is 10.6 Å². The maximum atomic E-state index is 8.72. The number of anilines is 1. The van der Waals surface area contributed by atoms with E-state index in [1.165, 1.54) is 0 Å². The molecule has 6 heteroatoms. The van der Waals surface area contributed by atoms with E-state index in [9.17, 15) is 0 Å². The van der Waals surface area contributed by atoms with Gasteiger partial charge in [-0.2, -0.15) is 0 Å². The highest BCUT2D eigenvalue weighted by Gasteiger charge is 2.15. The van der Waals surface area contributed by atoms with Gasteiger partial charge in [0.1, 0.15) is 5.84 Å². The maximum absolute atomic E-state index is 8.72. The lowest BCUT2D eigenvalue weighted by Crippen LogP contribution is -2.35. The van der Waals surface area contributed by atoms with E-state index in [-0.39, 0.29) is 11.8 Å². The molecule has 2 rings (SSSR count). The molecular weight excluding hydrogens is 254 g/mol. The summed E-state index contributed by atoms with van der Waals surface area (Å²) in [4.78, 5) is 11.0. The Morgan fingerprint density at radius 2 is 2.20 bits per heavy atom. The molecule has 20 heavy (non-hydrogen) atoms. The van der Waals surface area contributed by atoms with Gasteiger partial charge in [-0.15, -0.1) is 0 Å². The van der Waals surface area contributed by atoms with Crippen LogP contribution in [-0.2, 0) is 0 Å².